The lowest BCUT2D eigenvalue weighted by Gasteiger charge is -2.24. The largest absolute Gasteiger partial charge is 0.393 e. The van der Waals surface area contributed by atoms with Gasteiger partial charge in [0.15, 0.2) is 0 Å². The van der Waals surface area contributed by atoms with Gasteiger partial charge in [-0.25, -0.2) is 14.4 Å². The molecule has 5 rings (SSSR count). The Morgan fingerprint density at radius 2 is 2.08 bits per heavy atom. The summed E-state index contributed by atoms with van der Waals surface area (Å²) < 4.78 is 17.1. The van der Waals surface area contributed by atoms with E-state index in [0.717, 1.165) is 37.9 Å². The lowest BCUT2D eigenvalue weighted by molar-refractivity contribution is 0.0973. The maximum Gasteiger partial charge on any atom is 0.259 e. The molecule has 0 bridgehead atoms. The third kappa shape index (κ3) is 4.75. The van der Waals surface area contributed by atoms with Gasteiger partial charge in [0.2, 0.25) is 0 Å². The van der Waals surface area contributed by atoms with Gasteiger partial charge in [0.25, 0.3) is 5.91 Å². The van der Waals surface area contributed by atoms with Crippen LogP contribution in [0.5, 0.6) is 0 Å². The number of hydrogen-bond donors (Lipinski definition) is 3. The number of amidine groups is 1. The van der Waals surface area contributed by atoms with E-state index in [1.54, 1.807) is 12.3 Å². The molecule has 1 aliphatic heterocycles. The van der Waals surface area contributed by atoms with Crippen molar-refractivity contribution in [2.75, 3.05) is 12.3 Å². The number of aliphatic hydroxyl groups excluding tert-OH is 1. The van der Waals surface area contributed by atoms with Crippen LogP contribution in [0, 0.1) is 5.82 Å². The standard InChI is InChI=1S/C27H31FN6O2/c1-2-3-16-10-11-30-22(14-16)32-27(36)20-9-6-18(15-21(20)28)23-24-25(29)31-12-13-34(24)26(33-23)17-4-7-19(35)8-5-17/h6,9,12-15,17,19,35H,2-5,7-8,10-11H2,1H3,(H2,29,31)(H,30,32,36). The van der Waals surface area contributed by atoms with Crippen LogP contribution in [0.25, 0.3) is 16.8 Å². The minimum atomic E-state index is -0.648. The van der Waals surface area contributed by atoms with Crippen molar-refractivity contribution >= 4 is 23.1 Å². The summed E-state index contributed by atoms with van der Waals surface area (Å²) in [5.74, 6) is 0.574. The Kier molecular flexibility index (Phi) is 6.82. The zero-order valence-electron chi connectivity index (χ0n) is 20.4. The predicted molar refractivity (Wildman–Crippen MR) is 137 cm³/mol. The summed E-state index contributed by atoms with van der Waals surface area (Å²) in [7, 11) is 0. The second-order valence-corrected chi connectivity index (χ2v) is 9.57. The number of aromatic nitrogens is 3. The summed E-state index contributed by atoms with van der Waals surface area (Å²) in [4.78, 5) is 26.3. The van der Waals surface area contributed by atoms with Crippen molar-refractivity contribution in [2.45, 2.75) is 63.9 Å². The molecule has 0 unspecified atom stereocenters. The van der Waals surface area contributed by atoms with E-state index in [4.69, 9.17) is 10.7 Å². The maximum atomic E-state index is 15.2. The number of halogens is 1. The Bertz CT molecular complexity index is 1350. The van der Waals surface area contributed by atoms with Gasteiger partial charge in [-0.2, -0.15) is 0 Å². The topological polar surface area (TPSA) is 118 Å². The van der Waals surface area contributed by atoms with Crippen LogP contribution in [-0.4, -0.2) is 43.9 Å². The second kappa shape index (κ2) is 10.2. The molecule has 1 aliphatic carbocycles. The first-order valence-corrected chi connectivity index (χ1v) is 12.6. The number of nitrogens with zero attached hydrogens (tertiary/aromatic N) is 4. The molecule has 0 spiro atoms. The molecule has 1 fully saturated rings. The molecule has 4 N–H and O–H groups in total. The first-order valence-electron chi connectivity index (χ1n) is 12.6. The van der Waals surface area contributed by atoms with Gasteiger partial charge in [0, 0.05) is 30.4 Å². The molecule has 188 valence electrons. The summed E-state index contributed by atoms with van der Waals surface area (Å²) in [5.41, 5.74) is 9.05. The molecule has 8 nitrogen and oxygen atoms in total. The number of nitrogen functional groups attached to an aromatic ring is 1. The van der Waals surface area contributed by atoms with Crippen LogP contribution >= 0.6 is 0 Å². The number of carbonyl (C=O) groups excluding carboxylic acids is 1. The molecule has 1 aromatic carbocycles. The summed E-state index contributed by atoms with van der Waals surface area (Å²) in [6, 6.07) is 4.47. The van der Waals surface area contributed by atoms with Gasteiger partial charge in [-0.05, 0) is 56.7 Å². The third-order valence-electron chi connectivity index (χ3n) is 7.03. The van der Waals surface area contributed by atoms with Crippen LogP contribution in [0.2, 0.25) is 0 Å². The fourth-order valence-electron chi connectivity index (χ4n) is 5.17. The Hall–Kier alpha value is -3.59. The average Bonchev–Trinajstić information content (AvgIpc) is 3.26. The summed E-state index contributed by atoms with van der Waals surface area (Å²) in [6.07, 6.45) is 11.0. The first kappa shape index (κ1) is 24.1. The predicted octanol–water partition coefficient (Wildman–Crippen LogP) is 4.39. The minimum Gasteiger partial charge on any atom is -0.393 e. The molecule has 0 radical (unpaired) electrons. The molecule has 1 saturated carbocycles. The second-order valence-electron chi connectivity index (χ2n) is 9.57. The number of imidazole rings is 1. The fourth-order valence-corrected chi connectivity index (χ4v) is 5.17. The van der Waals surface area contributed by atoms with Crippen LogP contribution in [0.15, 0.2) is 47.2 Å². The van der Waals surface area contributed by atoms with E-state index in [1.807, 2.05) is 16.7 Å². The zero-order chi connectivity index (χ0) is 25.2. The average molecular weight is 491 g/mol. The summed E-state index contributed by atoms with van der Waals surface area (Å²) in [6.45, 7) is 2.73. The van der Waals surface area contributed by atoms with Gasteiger partial charge in [-0.15, -0.1) is 0 Å². The number of anilines is 1. The number of aliphatic imine (C=N–C) groups is 1. The van der Waals surface area contributed by atoms with Crippen LogP contribution in [0.3, 0.4) is 0 Å². The van der Waals surface area contributed by atoms with Crippen molar-refractivity contribution in [3.8, 4) is 11.3 Å². The van der Waals surface area contributed by atoms with Crippen LogP contribution in [0.1, 0.15) is 74.0 Å². The lowest BCUT2D eigenvalue weighted by Crippen LogP contribution is -2.31. The number of carbonyl (C=O) groups is 1. The maximum absolute atomic E-state index is 15.2. The first-order chi connectivity index (χ1) is 17.4. The molecule has 0 saturated heterocycles. The fraction of sp³-hybridized carbons (Fsp3) is 0.407. The molecule has 2 aliphatic rings. The number of aliphatic hydroxyl groups is 1. The number of nitrogens with one attached hydrogen (secondary N) is 1. The highest BCUT2D eigenvalue weighted by Crippen LogP contribution is 2.37. The van der Waals surface area contributed by atoms with Gasteiger partial charge in [-0.1, -0.05) is 25.0 Å². The van der Waals surface area contributed by atoms with Gasteiger partial charge in [0.1, 0.15) is 34.5 Å². The summed E-state index contributed by atoms with van der Waals surface area (Å²) in [5, 5.41) is 12.7. The highest BCUT2D eigenvalue weighted by atomic mass is 19.1. The van der Waals surface area contributed by atoms with E-state index in [-0.39, 0.29) is 17.6 Å². The van der Waals surface area contributed by atoms with Crippen molar-refractivity contribution in [3.05, 3.63) is 59.4 Å². The Morgan fingerprint density at radius 3 is 2.83 bits per heavy atom. The number of benzene rings is 1. The smallest absolute Gasteiger partial charge is 0.259 e. The van der Waals surface area contributed by atoms with Crippen LogP contribution in [0.4, 0.5) is 10.2 Å². The normalized spacial score (nSPS) is 20.2. The van der Waals surface area contributed by atoms with E-state index in [9.17, 15) is 9.90 Å². The van der Waals surface area contributed by atoms with Gasteiger partial charge in [0.05, 0.1) is 11.7 Å². The van der Waals surface area contributed by atoms with Crippen molar-refractivity contribution < 1.29 is 14.3 Å². The highest BCUT2D eigenvalue weighted by molar-refractivity contribution is 6.10. The molecule has 0 atom stereocenters. The van der Waals surface area contributed by atoms with E-state index >= 15 is 4.39 Å². The molecule has 3 aromatic rings. The van der Waals surface area contributed by atoms with Crippen LogP contribution in [-0.2, 0) is 0 Å². The molecule has 1 amide bonds. The van der Waals surface area contributed by atoms with Gasteiger partial charge >= 0.3 is 0 Å². The number of rotatable bonds is 5. The molecular weight excluding hydrogens is 459 g/mol. The van der Waals surface area contributed by atoms with Crippen LogP contribution < -0.4 is 11.1 Å². The van der Waals surface area contributed by atoms with E-state index in [1.165, 1.54) is 17.7 Å². The Morgan fingerprint density at radius 1 is 1.28 bits per heavy atom. The number of hydrogen-bond acceptors (Lipinski definition) is 6. The number of amides is 1. The number of fused-ring (bicyclic) bond motifs is 1. The zero-order valence-corrected chi connectivity index (χ0v) is 20.4. The van der Waals surface area contributed by atoms with Crippen molar-refractivity contribution in [2.24, 2.45) is 4.99 Å². The Labute approximate surface area is 209 Å². The number of dihydropyridines is 1. The summed E-state index contributed by atoms with van der Waals surface area (Å²) >= 11 is 0. The minimum absolute atomic E-state index is 0.0615. The third-order valence-corrected chi connectivity index (χ3v) is 7.03. The quantitative estimate of drug-likeness (QED) is 0.490. The van der Waals surface area contributed by atoms with Crippen molar-refractivity contribution in [1.82, 2.24) is 19.7 Å². The molecule has 9 heteroatoms. The molecule has 2 aromatic heterocycles. The SMILES string of the molecule is CCCC1=CC(NC(=O)c2ccc(-c3nc(C4CCC(O)CC4)n4ccnc(N)c34)cc2F)=NCC1. The van der Waals surface area contributed by atoms with Crippen molar-refractivity contribution in [3.63, 3.8) is 0 Å². The van der Waals surface area contributed by atoms with E-state index in [0.29, 0.717) is 47.8 Å². The van der Waals surface area contributed by atoms with E-state index in [2.05, 4.69) is 22.2 Å². The molecule has 36 heavy (non-hydrogen) atoms. The van der Waals surface area contributed by atoms with Gasteiger partial charge < -0.3 is 16.2 Å². The van der Waals surface area contributed by atoms with E-state index < -0.39 is 11.7 Å². The lowest BCUT2D eigenvalue weighted by atomic mass is 9.87. The molecule has 3 heterocycles. The molecular formula is C27H31FN6O2. The Balaban J connectivity index is 1.44. The van der Waals surface area contributed by atoms with Crippen molar-refractivity contribution in [1.29, 1.82) is 0 Å². The highest BCUT2D eigenvalue weighted by Gasteiger charge is 2.27. The number of nitrogens with two attached hydrogens (primary N) is 1. The van der Waals surface area contributed by atoms with Gasteiger partial charge in [-0.3, -0.25) is 14.2 Å². The monoisotopic (exact) mass is 490 g/mol.